The van der Waals surface area contributed by atoms with Gasteiger partial charge in [-0.3, -0.25) is 4.57 Å². The van der Waals surface area contributed by atoms with E-state index in [1.807, 2.05) is 49.4 Å². The van der Waals surface area contributed by atoms with E-state index in [1.165, 1.54) is 6.42 Å². The van der Waals surface area contributed by atoms with Crippen molar-refractivity contribution in [3.8, 4) is 16.8 Å². The highest BCUT2D eigenvalue weighted by Gasteiger charge is 2.17. The van der Waals surface area contributed by atoms with Crippen LogP contribution in [0.4, 0.5) is 10.5 Å². The number of aromatic carboxylic acids is 1. The highest BCUT2D eigenvalue weighted by atomic mass is 16.4. The number of amides is 2. The number of hydrogen-bond acceptors (Lipinski definition) is 3. The summed E-state index contributed by atoms with van der Waals surface area (Å²) in [6.45, 7) is 6.99. The van der Waals surface area contributed by atoms with E-state index in [4.69, 9.17) is 4.98 Å². The average molecular weight is 527 g/mol. The summed E-state index contributed by atoms with van der Waals surface area (Å²) in [5, 5.41) is 15.6. The summed E-state index contributed by atoms with van der Waals surface area (Å²) in [7, 11) is 0. The third-order valence-electron chi connectivity index (χ3n) is 6.97. The molecule has 0 radical (unpaired) electrons. The van der Waals surface area contributed by atoms with Gasteiger partial charge in [-0.15, -0.1) is 0 Å². The Morgan fingerprint density at radius 2 is 1.69 bits per heavy atom. The van der Waals surface area contributed by atoms with E-state index >= 15 is 0 Å². The number of anilines is 1. The van der Waals surface area contributed by atoms with Gasteiger partial charge in [-0.05, 0) is 72.9 Å². The molecule has 3 N–H and O–H groups in total. The Kier molecular flexibility index (Phi) is 9.36. The number of unbranched alkanes of at least 4 members (excludes halogenated alkanes) is 4. The van der Waals surface area contributed by atoms with E-state index < -0.39 is 5.97 Å². The van der Waals surface area contributed by atoms with Crippen molar-refractivity contribution >= 4 is 28.7 Å². The lowest BCUT2D eigenvalue weighted by molar-refractivity contribution is 0.0697. The molecule has 0 aliphatic heterocycles. The van der Waals surface area contributed by atoms with Crippen molar-refractivity contribution < 1.29 is 14.7 Å². The number of rotatable bonds is 12. The van der Waals surface area contributed by atoms with Crippen LogP contribution in [0.2, 0.25) is 0 Å². The van der Waals surface area contributed by atoms with Gasteiger partial charge in [0.25, 0.3) is 0 Å². The predicted octanol–water partition coefficient (Wildman–Crippen LogP) is 7.74. The standard InChI is InChI=1S/C32H38N4O3/c1-4-6-8-11-19-33-32(39)34-23-15-18-28-29(21-23)36(30(35-28)14-7-5-2)24-16-17-25(22(3)20-24)26-12-9-10-13-27(26)31(37)38/h9-10,12-13,15-18,20-21H,4-8,11,14,19H2,1-3H3,(H,37,38)(H2,33,34,39). The second-order valence-corrected chi connectivity index (χ2v) is 9.96. The number of imidazole rings is 1. The summed E-state index contributed by atoms with van der Waals surface area (Å²) in [6.07, 6.45) is 7.32. The molecule has 7 nitrogen and oxygen atoms in total. The van der Waals surface area contributed by atoms with E-state index in [2.05, 4.69) is 35.1 Å². The number of carboxylic acid groups (broad SMARTS) is 1. The molecule has 1 aromatic heterocycles. The van der Waals surface area contributed by atoms with E-state index in [0.717, 1.165) is 72.2 Å². The van der Waals surface area contributed by atoms with Gasteiger partial charge in [0.15, 0.2) is 0 Å². The van der Waals surface area contributed by atoms with E-state index in [1.54, 1.807) is 12.1 Å². The largest absolute Gasteiger partial charge is 0.478 e. The molecule has 0 fully saturated rings. The zero-order chi connectivity index (χ0) is 27.8. The molecule has 0 unspecified atom stereocenters. The first-order valence-corrected chi connectivity index (χ1v) is 13.9. The molecule has 4 aromatic rings. The zero-order valence-corrected chi connectivity index (χ0v) is 23.1. The Morgan fingerprint density at radius 1 is 0.897 bits per heavy atom. The van der Waals surface area contributed by atoms with Gasteiger partial charge >= 0.3 is 12.0 Å². The summed E-state index contributed by atoms with van der Waals surface area (Å²) in [4.78, 5) is 29.2. The second kappa shape index (κ2) is 13.1. The minimum Gasteiger partial charge on any atom is -0.478 e. The summed E-state index contributed by atoms with van der Waals surface area (Å²) in [5.41, 5.74) is 6.28. The molecule has 0 spiro atoms. The Morgan fingerprint density at radius 3 is 2.44 bits per heavy atom. The minimum atomic E-state index is -0.943. The van der Waals surface area contributed by atoms with Crippen LogP contribution < -0.4 is 10.6 Å². The number of carboxylic acids is 1. The lowest BCUT2D eigenvalue weighted by Gasteiger charge is -2.14. The molecule has 39 heavy (non-hydrogen) atoms. The fourth-order valence-corrected chi connectivity index (χ4v) is 4.92. The van der Waals surface area contributed by atoms with Gasteiger partial charge in [-0.1, -0.05) is 63.8 Å². The number of carbonyl (C=O) groups excluding carboxylic acids is 1. The predicted molar refractivity (Wildman–Crippen MR) is 158 cm³/mol. The fourth-order valence-electron chi connectivity index (χ4n) is 4.92. The summed E-state index contributed by atoms with van der Waals surface area (Å²) in [6, 6.07) is 18.7. The number of nitrogens with one attached hydrogen (secondary N) is 2. The van der Waals surface area contributed by atoms with Crippen molar-refractivity contribution in [1.82, 2.24) is 14.9 Å². The van der Waals surface area contributed by atoms with Crippen molar-refractivity contribution in [1.29, 1.82) is 0 Å². The minimum absolute atomic E-state index is 0.208. The SMILES string of the molecule is CCCCCCNC(=O)Nc1ccc2nc(CCCC)n(-c3ccc(-c4ccccc4C(=O)O)c(C)c3)c2c1. The smallest absolute Gasteiger partial charge is 0.336 e. The highest BCUT2D eigenvalue weighted by Crippen LogP contribution is 2.31. The Hall–Kier alpha value is -4.13. The van der Waals surface area contributed by atoms with Crippen LogP contribution >= 0.6 is 0 Å². The van der Waals surface area contributed by atoms with Gasteiger partial charge in [0.05, 0.1) is 16.6 Å². The normalized spacial score (nSPS) is 11.1. The van der Waals surface area contributed by atoms with E-state index in [9.17, 15) is 14.7 Å². The maximum Gasteiger partial charge on any atom is 0.336 e. The topological polar surface area (TPSA) is 96.3 Å². The summed E-state index contributed by atoms with van der Waals surface area (Å²) < 4.78 is 2.15. The number of hydrogen-bond donors (Lipinski definition) is 3. The quantitative estimate of drug-likeness (QED) is 0.164. The number of carbonyl (C=O) groups is 2. The van der Waals surface area contributed by atoms with Gasteiger partial charge in [0, 0.05) is 24.3 Å². The fraction of sp³-hybridized carbons (Fsp3) is 0.344. The maximum atomic E-state index is 12.5. The van der Waals surface area contributed by atoms with Crippen LogP contribution in [-0.2, 0) is 6.42 Å². The molecule has 204 valence electrons. The van der Waals surface area contributed by atoms with Crippen LogP contribution in [0.1, 0.15) is 74.1 Å². The van der Waals surface area contributed by atoms with Crippen molar-refractivity contribution in [2.75, 3.05) is 11.9 Å². The third kappa shape index (κ3) is 6.66. The number of benzene rings is 3. The van der Waals surface area contributed by atoms with Crippen molar-refractivity contribution in [2.45, 2.75) is 65.7 Å². The number of urea groups is 1. The maximum absolute atomic E-state index is 12.5. The number of aromatic nitrogens is 2. The van der Waals surface area contributed by atoms with E-state index in [-0.39, 0.29) is 11.6 Å². The molecule has 0 saturated heterocycles. The Balaban J connectivity index is 1.67. The highest BCUT2D eigenvalue weighted by molar-refractivity contribution is 5.96. The zero-order valence-electron chi connectivity index (χ0n) is 23.1. The first-order chi connectivity index (χ1) is 18.9. The lowest BCUT2D eigenvalue weighted by Crippen LogP contribution is -2.29. The molecule has 3 aromatic carbocycles. The monoisotopic (exact) mass is 526 g/mol. The molecule has 0 saturated carbocycles. The third-order valence-corrected chi connectivity index (χ3v) is 6.97. The van der Waals surface area contributed by atoms with Gasteiger partial charge < -0.3 is 15.7 Å². The Labute approximate surface area is 230 Å². The first kappa shape index (κ1) is 27.9. The molecular weight excluding hydrogens is 488 g/mol. The molecule has 7 heteroatoms. The lowest BCUT2D eigenvalue weighted by atomic mass is 9.95. The van der Waals surface area contributed by atoms with Crippen molar-refractivity contribution in [2.24, 2.45) is 0 Å². The molecule has 2 amide bonds. The van der Waals surface area contributed by atoms with Crippen LogP contribution in [0.15, 0.2) is 60.7 Å². The Bertz CT molecular complexity index is 1460. The van der Waals surface area contributed by atoms with Gasteiger partial charge in [-0.2, -0.15) is 0 Å². The number of nitrogens with zero attached hydrogens (tertiary/aromatic N) is 2. The van der Waals surface area contributed by atoms with Crippen LogP contribution in [0, 0.1) is 6.92 Å². The molecule has 0 atom stereocenters. The molecule has 0 bridgehead atoms. The van der Waals surface area contributed by atoms with Crippen LogP contribution in [0.3, 0.4) is 0 Å². The van der Waals surface area contributed by atoms with Crippen LogP contribution in [0.5, 0.6) is 0 Å². The van der Waals surface area contributed by atoms with Gasteiger partial charge in [-0.25, -0.2) is 14.6 Å². The van der Waals surface area contributed by atoms with Crippen molar-refractivity contribution in [3.05, 3.63) is 77.6 Å². The van der Waals surface area contributed by atoms with Crippen LogP contribution in [0.25, 0.3) is 27.8 Å². The summed E-state index contributed by atoms with van der Waals surface area (Å²) >= 11 is 0. The molecule has 0 aliphatic carbocycles. The van der Waals surface area contributed by atoms with Gasteiger partial charge in [0.2, 0.25) is 0 Å². The molecule has 4 rings (SSSR count). The number of aryl methyl sites for hydroxylation is 2. The second-order valence-electron chi connectivity index (χ2n) is 9.96. The average Bonchev–Trinajstić information content (AvgIpc) is 3.29. The van der Waals surface area contributed by atoms with Gasteiger partial charge in [0.1, 0.15) is 5.82 Å². The number of fused-ring (bicyclic) bond motifs is 1. The van der Waals surface area contributed by atoms with Crippen LogP contribution in [-0.4, -0.2) is 33.2 Å². The molecular formula is C32H38N4O3. The van der Waals surface area contributed by atoms with E-state index in [0.29, 0.717) is 17.8 Å². The molecule has 0 aliphatic rings. The molecule has 1 heterocycles. The summed E-state index contributed by atoms with van der Waals surface area (Å²) in [5.74, 6) is 0.0176. The first-order valence-electron chi connectivity index (χ1n) is 13.9. The van der Waals surface area contributed by atoms with Crippen molar-refractivity contribution in [3.63, 3.8) is 0 Å².